The fourth-order valence-corrected chi connectivity index (χ4v) is 2.57. The van der Waals surface area contributed by atoms with E-state index in [1.165, 1.54) is 12.3 Å². The molecule has 0 aliphatic rings. The Morgan fingerprint density at radius 2 is 1.88 bits per heavy atom. The molecule has 0 aliphatic heterocycles. The average Bonchev–Trinajstić information content (AvgIpc) is 3.09. The lowest BCUT2D eigenvalue weighted by Crippen LogP contribution is -2.05. The van der Waals surface area contributed by atoms with E-state index in [4.69, 9.17) is 0 Å². The molecule has 0 amide bonds. The van der Waals surface area contributed by atoms with Gasteiger partial charge in [-0.3, -0.25) is 5.10 Å². The molecular formula is C18H12F3N5. The van der Waals surface area contributed by atoms with E-state index in [2.05, 4.69) is 25.5 Å². The topological polar surface area (TPSA) is 66.5 Å². The van der Waals surface area contributed by atoms with Crippen molar-refractivity contribution >= 4 is 22.4 Å². The van der Waals surface area contributed by atoms with Gasteiger partial charge in [-0.25, -0.2) is 9.97 Å². The van der Waals surface area contributed by atoms with Crippen LogP contribution in [0.3, 0.4) is 0 Å². The average molecular weight is 355 g/mol. The van der Waals surface area contributed by atoms with Gasteiger partial charge in [0.1, 0.15) is 5.82 Å². The van der Waals surface area contributed by atoms with Gasteiger partial charge in [0.2, 0.25) is 0 Å². The molecule has 0 aliphatic carbocycles. The molecule has 8 heteroatoms. The van der Waals surface area contributed by atoms with Crippen molar-refractivity contribution in [2.24, 2.45) is 0 Å². The van der Waals surface area contributed by atoms with Gasteiger partial charge in [-0.2, -0.15) is 18.3 Å². The summed E-state index contributed by atoms with van der Waals surface area (Å²) in [6.45, 7) is 0. The Balaban J connectivity index is 1.64. The molecule has 2 heterocycles. The van der Waals surface area contributed by atoms with Crippen LogP contribution in [0.15, 0.2) is 60.9 Å². The molecule has 2 N–H and O–H groups in total. The first-order valence-electron chi connectivity index (χ1n) is 7.70. The van der Waals surface area contributed by atoms with Gasteiger partial charge >= 0.3 is 6.18 Å². The van der Waals surface area contributed by atoms with Crippen molar-refractivity contribution in [1.82, 2.24) is 20.2 Å². The Labute approximate surface area is 145 Å². The number of rotatable bonds is 3. The van der Waals surface area contributed by atoms with Gasteiger partial charge in [0.15, 0.2) is 5.82 Å². The molecule has 0 saturated heterocycles. The van der Waals surface area contributed by atoms with Crippen molar-refractivity contribution in [1.29, 1.82) is 0 Å². The van der Waals surface area contributed by atoms with Gasteiger partial charge < -0.3 is 5.32 Å². The van der Waals surface area contributed by atoms with Crippen LogP contribution < -0.4 is 5.32 Å². The largest absolute Gasteiger partial charge is 0.416 e. The monoisotopic (exact) mass is 355 g/mol. The molecule has 4 aromatic rings. The number of nitrogens with one attached hydrogen (secondary N) is 2. The minimum atomic E-state index is -4.41. The van der Waals surface area contributed by atoms with Crippen molar-refractivity contribution in [3.8, 4) is 11.4 Å². The van der Waals surface area contributed by atoms with Gasteiger partial charge in [-0.15, -0.1) is 0 Å². The Bertz CT molecular complexity index is 1070. The first-order valence-corrected chi connectivity index (χ1v) is 7.70. The normalized spacial score (nSPS) is 11.7. The number of halogens is 3. The maximum atomic E-state index is 12.9. The van der Waals surface area contributed by atoms with Crippen LogP contribution in [0, 0.1) is 0 Å². The van der Waals surface area contributed by atoms with E-state index in [0.29, 0.717) is 11.4 Å². The van der Waals surface area contributed by atoms with Crippen LogP contribution in [0.25, 0.3) is 22.3 Å². The van der Waals surface area contributed by atoms with Crippen LogP contribution in [0.5, 0.6) is 0 Å². The number of hydrogen-bond acceptors (Lipinski definition) is 4. The third-order valence-electron chi connectivity index (χ3n) is 3.82. The molecule has 130 valence electrons. The summed E-state index contributed by atoms with van der Waals surface area (Å²) in [5.74, 6) is 0.695. The number of anilines is 2. The third kappa shape index (κ3) is 3.21. The van der Waals surface area contributed by atoms with Crippen LogP contribution in [0.1, 0.15) is 5.56 Å². The lowest BCUT2D eigenvalue weighted by Gasteiger charge is -2.09. The highest BCUT2D eigenvalue weighted by Gasteiger charge is 2.30. The standard InChI is InChI=1S/C18H12F3N5/c19-18(20,21)13-3-1-2-11(8-13)17-22-7-6-16(25-17)24-14-4-5-15-12(9-14)10-23-26-15/h1-10H,(H,23,26)(H,22,24,25). The smallest absolute Gasteiger partial charge is 0.340 e. The zero-order valence-electron chi connectivity index (χ0n) is 13.2. The van der Waals surface area contributed by atoms with E-state index in [1.807, 2.05) is 18.2 Å². The van der Waals surface area contributed by atoms with Crippen LogP contribution >= 0.6 is 0 Å². The fraction of sp³-hybridized carbons (Fsp3) is 0.0556. The maximum absolute atomic E-state index is 12.9. The molecule has 0 unspecified atom stereocenters. The minimum absolute atomic E-state index is 0.213. The van der Waals surface area contributed by atoms with E-state index in [0.717, 1.165) is 28.7 Å². The summed E-state index contributed by atoms with van der Waals surface area (Å²) in [5.41, 5.74) is 1.26. The SMILES string of the molecule is FC(F)(F)c1cccc(-c2nccc(Nc3ccc4[nH]ncc4c3)n2)c1. The Hall–Kier alpha value is -3.42. The zero-order valence-corrected chi connectivity index (χ0v) is 13.2. The summed E-state index contributed by atoms with van der Waals surface area (Å²) in [4.78, 5) is 8.40. The van der Waals surface area contributed by atoms with Crippen LogP contribution in [0.2, 0.25) is 0 Å². The summed E-state index contributed by atoms with van der Waals surface area (Å²) in [5, 5.41) is 10.9. The van der Waals surface area contributed by atoms with Crippen molar-refractivity contribution in [3.63, 3.8) is 0 Å². The van der Waals surface area contributed by atoms with Crippen molar-refractivity contribution in [2.75, 3.05) is 5.32 Å². The van der Waals surface area contributed by atoms with Crippen molar-refractivity contribution < 1.29 is 13.2 Å². The predicted molar refractivity (Wildman–Crippen MR) is 91.8 cm³/mol. The summed E-state index contributed by atoms with van der Waals surface area (Å²) >= 11 is 0. The molecule has 26 heavy (non-hydrogen) atoms. The summed E-state index contributed by atoms with van der Waals surface area (Å²) in [6, 6.07) is 12.2. The van der Waals surface area contributed by atoms with Crippen molar-refractivity contribution in [3.05, 3.63) is 66.5 Å². The molecule has 5 nitrogen and oxygen atoms in total. The lowest BCUT2D eigenvalue weighted by atomic mass is 10.1. The number of aromatic nitrogens is 4. The first-order chi connectivity index (χ1) is 12.5. The van der Waals surface area contributed by atoms with Crippen LogP contribution in [0.4, 0.5) is 24.7 Å². The highest BCUT2D eigenvalue weighted by Crippen LogP contribution is 2.31. The Kier molecular flexibility index (Phi) is 3.80. The molecule has 2 aromatic heterocycles. The van der Waals surface area contributed by atoms with Gasteiger partial charge in [-0.05, 0) is 36.4 Å². The van der Waals surface area contributed by atoms with E-state index in [9.17, 15) is 13.2 Å². The number of hydrogen-bond donors (Lipinski definition) is 2. The number of benzene rings is 2. The van der Waals surface area contributed by atoms with Gasteiger partial charge in [-0.1, -0.05) is 12.1 Å². The highest BCUT2D eigenvalue weighted by molar-refractivity contribution is 5.82. The van der Waals surface area contributed by atoms with Gasteiger partial charge in [0, 0.05) is 22.8 Å². The second-order valence-corrected chi connectivity index (χ2v) is 5.64. The van der Waals surface area contributed by atoms with E-state index < -0.39 is 11.7 Å². The zero-order chi connectivity index (χ0) is 18.1. The third-order valence-corrected chi connectivity index (χ3v) is 3.82. The number of alkyl halides is 3. The van der Waals surface area contributed by atoms with Crippen LogP contribution in [-0.4, -0.2) is 20.2 Å². The number of aromatic amines is 1. The Morgan fingerprint density at radius 1 is 1.00 bits per heavy atom. The first kappa shape index (κ1) is 16.1. The predicted octanol–water partition coefficient (Wildman–Crippen LogP) is 4.78. The number of H-pyrrole nitrogens is 1. The van der Waals surface area contributed by atoms with Gasteiger partial charge in [0.25, 0.3) is 0 Å². The molecule has 0 atom stereocenters. The molecule has 4 rings (SSSR count). The van der Waals surface area contributed by atoms with E-state index >= 15 is 0 Å². The number of nitrogens with zero attached hydrogens (tertiary/aromatic N) is 3. The molecule has 0 saturated carbocycles. The molecule has 0 spiro atoms. The van der Waals surface area contributed by atoms with E-state index in [-0.39, 0.29) is 5.82 Å². The molecular weight excluding hydrogens is 343 g/mol. The summed E-state index contributed by atoms with van der Waals surface area (Å²) in [6.07, 6.45) is -1.21. The molecule has 0 bridgehead atoms. The summed E-state index contributed by atoms with van der Waals surface area (Å²) < 4.78 is 38.7. The van der Waals surface area contributed by atoms with E-state index in [1.54, 1.807) is 18.3 Å². The minimum Gasteiger partial charge on any atom is -0.340 e. The molecule has 2 aromatic carbocycles. The molecule has 0 radical (unpaired) electrons. The quantitative estimate of drug-likeness (QED) is 0.555. The van der Waals surface area contributed by atoms with Gasteiger partial charge in [0.05, 0.1) is 17.3 Å². The fourth-order valence-electron chi connectivity index (χ4n) is 2.57. The maximum Gasteiger partial charge on any atom is 0.416 e. The number of fused-ring (bicyclic) bond motifs is 1. The lowest BCUT2D eigenvalue weighted by molar-refractivity contribution is -0.137. The highest BCUT2D eigenvalue weighted by atomic mass is 19.4. The second-order valence-electron chi connectivity index (χ2n) is 5.64. The second kappa shape index (κ2) is 6.14. The van der Waals surface area contributed by atoms with Crippen LogP contribution in [-0.2, 0) is 6.18 Å². The summed E-state index contributed by atoms with van der Waals surface area (Å²) in [7, 11) is 0. The molecule has 0 fully saturated rings. The van der Waals surface area contributed by atoms with Crippen molar-refractivity contribution in [2.45, 2.75) is 6.18 Å². The Morgan fingerprint density at radius 3 is 2.73 bits per heavy atom.